The van der Waals surface area contributed by atoms with E-state index in [4.69, 9.17) is 14.9 Å². The molecule has 1 saturated heterocycles. The Balaban J connectivity index is 0.000000637. The number of ether oxygens (including phenoxy) is 1. The van der Waals surface area contributed by atoms with Gasteiger partial charge in [0.15, 0.2) is 12.4 Å². The largest absolute Gasteiger partial charge is 0.621 e. The highest BCUT2D eigenvalue weighted by Crippen LogP contribution is 2.30. The lowest BCUT2D eigenvalue weighted by molar-refractivity contribution is -0.725. The number of Topliss-reactive ketones (excluding diaryl/α,β-unsaturated/α-hetero) is 1. The van der Waals surface area contributed by atoms with Crippen molar-refractivity contribution in [3.63, 3.8) is 0 Å². The molecule has 1 aromatic rings. The number of piperazine rings is 1. The van der Waals surface area contributed by atoms with E-state index in [2.05, 4.69) is 10.2 Å². The zero-order valence-electron chi connectivity index (χ0n) is 25.3. The summed E-state index contributed by atoms with van der Waals surface area (Å²) in [5.74, 6) is -4.13. The second-order valence-corrected chi connectivity index (χ2v) is 10.8. The molecule has 1 aromatic carbocycles. The average Bonchev–Trinajstić information content (AvgIpc) is 3.03. The van der Waals surface area contributed by atoms with E-state index in [1.54, 1.807) is 25.1 Å². The van der Waals surface area contributed by atoms with Crippen molar-refractivity contribution in [2.45, 2.75) is 25.9 Å². The third kappa shape index (κ3) is 11.0. The van der Waals surface area contributed by atoms with Crippen LogP contribution in [0, 0.1) is 11.1 Å². The van der Waals surface area contributed by atoms with Crippen LogP contribution in [0.5, 0.6) is 5.75 Å². The number of carboxylic acids is 2. The lowest BCUT2D eigenvalue weighted by atomic mass is 9.88. The second-order valence-electron chi connectivity index (χ2n) is 10.8. The Labute approximate surface area is 263 Å². The Morgan fingerprint density at radius 2 is 1.76 bits per heavy atom. The number of hydroxylamine groups is 2. The van der Waals surface area contributed by atoms with Crippen molar-refractivity contribution >= 4 is 29.3 Å². The minimum Gasteiger partial charge on any atom is -0.621 e. The molecular weight excluding hydrogens is 615 g/mol. The Morgan fingerprint density at radius 3 is 2.35 bits per heavy atom. The van der Waals surface area contributed by atoms with E-state index in [9.17, 15) is 37.6 Å². The molecule has 0 aromatic heterocycles. The average molecular weight is 654 g/mol. The molecule has 1 amide bonds. The molecule has 4 N–H and O–H groups in total. The van der Waals surface area contributed by atoms with Crippen LogP contribution in [-0.2, 0) is 19.2 Å². The normalized spacial score (nSPS) is 21.0. The fourth-order valence-corrected chi connectivity index (χ4v) is 5.19. The van der Waals surface area contributed by atoms with Crippen LogP contribution in [0.2, 0.25) is 0 Å². The molecule has 3 aliphatic rings. The first-order valence-corrected chi connectivity index (χ1v) is 14.6. The molecule has 3 heterocycles. The van der Waals surface area contributed by atoms with Gasteiger partial charge in [0.25, 0.3) is 0 Å². The highest BCUT2D eigenvalue weighted by atomic mass is 19.4. The summed E-state index contributed by atoms with van der Waals surface area (Å²) in [5.41, 5.74) is 1.28. The van der Waals surface area contributed by atoms with Gasteiger partial charge in [0, 0.05) is 44.9 Å². The van der Waals surface area contributed by atoms with Crippen molar-refractivity contribution in [1.29, 1.82) is 0 Å². The number of nitrogens with one attached hydrogen (secondary N) is 2. The summed E-state index contributed by atoms with van der Waals surface area (Å²) in [4.78, 5) is 50.9. The standard InChI is InChI=1S/C26H34F3N5O4.C4H4O4/c1-19-22(16-32-11-5-9-30-18-32)34(37)25(36)20(24(19)35)6-4-10-31-12-14-33(15-13-31)21-7-2-3-8-23(21)38-17-26(27,28)29;5-3(6)1-2-4(7)8/h2-3,5,7-8,11,20,30,34H,4,6,9-10,12-18H2,1H3;1-2H,(H,5,6)(H,7,8). The lowest BCUT2D eigenvalue weighted by Gasteiger charge is -2.37. The minimum absolute atomic E-state index is 0.202. The molecule has 252 valence electrons. The fraction of sp³-hybridized carbons (Fsp3) is 0.467. The van der Waals surface area contributed by atoms with Gasteiger partial charge < -0.3 is 30.0 Å². The van der Waals surface area contributed by atoms with Crippen LogP contribution in [0.25, 0.3) is 0 Å². The number of carbonyl (C=O) groups excluding carboxylic acids is 2. The molecule has 1 fully saturated rings. The van der Waals surface area contributed by atoms with E-state index in [1.807, 2.05) is 22.1 Å². The van der Waals surface area contributed by atoms with E-state index in [-0.39, 0.29) is 23.8 Å². The Kier molecular flexibility index (Phi) is 13.3. The number of para-hydroxylation sites is 2. The van der Waals surface area contributed by atoms with Gasteiger partial charge in [-0.15, -0.1) is 0 Å². The molecule has 16 heteroatoms. The van der Waals surface area contributed by atoms with Crippen molar-refractivity contribution in [3.05, 3.63) is 65.2 Å². The summed E-state index contributed by atoms with van der Waals surface area (Å²) in [6, 6.07) is 6.70. The number of nitrogens with zero attached hydrogens (tertiary/aromatic N) is 3. The second kappa shape index (κ2) is 16.9. The maximum absolute atomic E-state index is 13.0. The first kappa shape index (κ1) is 36.2. The van der Waals surface area contributed by atoms with Crippen LogP contribution in [0.15, 0.2) is 60.0 Å². The SMILES string of the molecule is CC1=C(CN2C=CCNC2)[NH+]([O-])C(=O)C(CCCN2CCN(c3ccccc3OCC(F)(F)F)CC2)C1=O.O=C(O)C=CC(=O)O. The zero-order chi connectivity index (χ0) is 33.9. The summed E-state index contributed by atoms with van der Waals surface area (Å²) < 4.78 is 42.8. The first-order valence-electron chi connectivity index (χ1n) is 14.6. The Hall–Kier alpha value is -4.25. The smallest absolute Gasteiger partial charge is 0.422 e. The highest BCUT2D eigenvalue weighted by molar-refractivity contribution is 6.09. The van der Waals surface area contributed by atoms with Crippen molar-refractivity contribution in [2.24, 2.45) is 5.92 Å². The molecule has 2 unspecified atom stereocenters. The van der Waals surface area contributed by atoms with Gasteiger partial charge in [-0.25, -0.2) is 14.4 Å². The fourth-order valence-electron chi connectivity index (χ4n) is 5.19. The molecule has 0 bridgehead atoms. The predicted octanol–water partition coefficient (Wildman–Crippen LogP) is 1.00. The van der Waals surface area contributed by atoms with Crippen molar-refractivity contribution in [3.8, 4) is 5.75 Å². The summed E-state index contributed by atoms with van der Waals surface area (Å²) in [6.45, 7) is 5.04. The molecule has 2 atom stereocenters. The van der Waals surface area contributed by atoms with E-state index in [1.165, 1.54) is 6.07 Å². The minimum atomic E-state index is -4.41. The summed E-state index contributed by atoms with van der Waals surface area (Å²) >= 11 is 0. The van der Waals surface area contributed by atoms with Gasteiger partial charge >= 0.3 is 24.0 Å². The van der Waals surface area contributed by atoms with E-state index < -0.39 is 41.6 Å². The van der Waals surface area contributed by atoms with Gasteiger partial charge in [0.05, 0.1) is 24.5 Å². The summed E-state index contributed by atoms with van der Waals surface area (Å²) in [6.07, 6.45) is 1.38. The van der Waals surface area contributed by atoms with E-state index in [0.29, 0.717) is 75.6 Å². The molecule has 0 radical (unpaired) electrons. The van der Waals surface area contributed by atoms with Crippen LogP contribution in [-0.4, -0.2) is 109 Å². The number of ketones is 1. The first-order chi connectivity index (χ1) is 21.8. The number of hydrogen-bond acceptors (Lipinski definition) is 10. The van der Waals surface area contributed by atoms with Gasteiger partial charge in [-0.05, 0) is 44.6 Å². The number of allylic oxidation sites excluding steroid dienone is 1. The van der Waals surface area contributed by atoms with Gasteiger partial charge in [-0.2, -0.15) is 13.2 Å². The van der Waals surface area contributed by atoms with E-state index in [0.717, 1.165) is 6.54 Å². The molecule has 4 rings (SSSR count). The number of carboxylic acid groups (broad SMARTS) is 2. The van der Waals surface area contributed by atoms with Gasteiger partial charge in [-0.3, -0.25) is 20.1 Å². The summed E-state index contributed by atoms with van der Waals surface area (Å²) in [7, 11) is 0. The van der Waals surface area contributed by atoms with Crippen LogP contribution in [0.4, 0.5) is 18.9 Å². The number of aliphatic carboxylic acids is 2. The van der Waals surface area contributed by atoms with Crippen LogP contribution < -0.4 is 20.0 Å². The Morgan fingerprint density at radius 1 is 1.11 bits per heavy atom. The third-order valence-corrected chi connectivity index (χ3v) is 7.51. The lowest BCUT2D eigenvalue weighted by Crippen LogP contribution is -3.11. The number of carbonyl (C=O) groups is 4. The summed E-state index contributed by atoms with van der Waals surface area (Å²) in [5, 5.41) is 31.0. The number of alkyl halides is 3. The highest BCUT2D eigenvalue weighted by Gasteiger charge is 2.41. The van der Waals surface area contributed by atoms with Crippen molar-refractivity contribution in [1.82, 2.24) is 15.1 Å². The number of benzene rings is 1. The molecule has 0 saturated carbocycles. The monoisotopic (exact) mass is 653 g/mol. The van der Waals surface area contributed by atoms with Crippen LogP contribution >= 0.6 is 0 Å². The molecule has 0 spiro atoms. The van der Waals surface area contributed by atoms with Crippen molar-refractivity contribution < 1.29 is 52.4 Å². The number of anilines is 1. The maximum atomic E-state index is 13.0. The van der Waals surface area contributed by atoms with E-state index >= 15 is 0 Å². The van der Waals surface area contributed by atoms with Gasteiger partial charge in [-0.1, -0.05) is 18.2 Å². The number of hydrogen-bond donors (Lipinski definition) is 4. The number of amides is 1. The number of rotatable bonds is 11. The molecule has 13 nitrogen and oxygen atoms in total. The van der Waals surface area contributed by atoms with Gasteiger partial charge in [0.1, 0.15) is 17.4 Å². The Bertz CT molecular complexity index is 1330. The topological polar surface area (TPSA) is 167 Å². The molecular formula is C30H38F3N5O8. The molecule has 3 aliphatic heterocycles. The molecule has 46 heavy (non-hydrogen) atoms. The number of quaternary nitrogens is 1. The quantitative estimate of drug-likeness (QED) is 0.152. The third-order valence-electron chi connectivity index (χ3n) is 7.51. The maximum Gasteiger partial charge on any atom is 0.422 e. The molecule has 0 aliphatic carbocycles. The van der Waals surface area contributed by atoms with Gasteiger partial charge in [0.2, 0.25) is 0 Å². The van der Waals surface area contributed by atoms with Crippen molar-refractivity contribution in [2.75, 3.05) is 64.0 Å². The predicted molar refractivity (Wildman–Crippen MR) is 160 cm³/mol. The number of halogens is 3. The van der Waals surface area contributed by atoms with Crippen LogP contribution in [0.3, 0.4) is 0 Å². The van der Waals surface area contributed by atoms with Crippen LogP contribution in [0.1, 0.15) is 19.8 Å². The zero-order valence-corrected chi connectivity index (χ0v) is 25.3.